The molecule has 4 rings (SSSR count). The molecule has 1 saturated carbocycles. The van der Waals surface area contributed by atoms with Gasteiger partial charge in [-0.15, -0.1) is 0 Å². The molecule has 0 spiro atoms. The first-order valence-electron chi connectivity index (χ1n) is 12.1. The van der Waals surface area contributed by atoms with E-state index in [1.807, 2.05) is 6.92 Å². The van der Waals surface area contributed by atoms with E-state index < -0.39 is 10.0 Å². The summed E-state index contributed by atoms with van der Waals surface area (Å²) in [7, 11) is -3.70. The number of aryl methyl sites for hydroxylation is 1. The molecular weight excluding hydrogens is 450 g/mol. The predicted molar refractivity (Wildman–Crippen MR) is 132 cm³/mol. The molecule has 1 heterocycles. The summed E-state index contributed by atoms with van der Waals surface area (Å²) in [6, 6.07) is 13.3. The number of anilines is 1. The minimum Gasteiger partial charge on any atom is -0.353 e. The van der Waals surface area contributed by atoms with Gasteiger partial charge in [-0.3, -0.25) is 14.3 Å². The number of amides is 2. The van der Waals surface area contributed by atoms with E-state index >= 15 is 0 Å². The molecule has 0 bridgehead atoms. The molecule has 0 radical (unpaired) electrons. The Morgan fingerprint density at radius 3 is 2.24 bits per heavy atom. The molecule has 1 saturated heterocycles. The van der Waals surface area contributed by atoms with E-state index in [0.29, 0.717) is 24.3 Å². The summed E-state index contributed by atoms with van der Waals surface area (Å²) in [6.45, 7) is 2.93. The fourth-order valence-corrected chi connectivity index (χ4v) is 5.80. The van der Waals surface area contributed by atoms with Crippen LogP contribution in [0.15, 0.2) is 53.4 Å². The van der Waals surface area contributed by atoms with Gasteiger partial charge in [0.2, 0.25) is 5.91 Å². The highest BCUT2D eigenvalue weighted by atomic mass is 32.2. The van der Waals surface area contributed by atoms with Gasteiger partial charge in [-0.2, -0.15) is 0 Å². The van der Waals surface area contributed by atoms with Crippen LogP contribution in [0.3, 0.4) is 0 Å². The Morgan fingerprint density at radius 2 is 1.56 bits per heavy atom. The van der Waals surface area contributed by atoms with Crippen LogP contribution in [0.2, 0.25) is 0 Å². The number of rotatable bonds is 6. The van der Waals surface area contributed by atoms with Crippen LogP contribution in [0.1, 0.15) is 60.9 Å². The molecule has 1 aliphatic carbocycles. The number of nitrogens with one attached hydrogen (secondary N) is 2. The van der Waals surface area contributed by atoms with E-state index in [0.717, 1.165) is 44.1 Å². The summed E-state index contributed by atoms with van der Waals surface area (Å²) in [5, 5.41) is 3.19. The number of likely N-dealkylation sites (tertiary alicyclic amines) is 1. The summed E-state index contributed by atoms with van der Waals surface area (Å²) in [5.74, 6) is -0.256. The normalized spacial score (nSPS) is 19.4. The van der Waals surface area contributed by atoms with E-state index in [1.54, 1.807) is 53.4 Å². The average Bonchev–Trinajstić information content (AvgIpc) is 2.85. The highest BCUT2D eigenvalue weighted by Crippen LogP contribution is 2.23. The Labute approximate surface area is 202 Å². The first-order valence-corrected chi connectivity index (χ1v) is 13.6. The first kappa shape index (κ1) is 24.3. The van der Waals surface area contributed by atoms with E-state index in [2.05, 4.69) is 10.0 Å². The van der Waals surface area contributed by atoms with Crippen molar-refractivity contribution in [2.75, 3.05) is 17.8 Å². The zero-order valence-corrected chi connectivity index (χ0v) is 20.4. The second-order valence-electron chi connectivity index (χ2n) is 9.43. The van der Waals surface area contributed by atoms with Crippen molar-refractivity contribution in [1.29, 1.82) is 0 Å². The number of carbonyl (C=O) groups is 2. The molecule has 2 amide bonds. The summed E-state index contributed by atoms with van der Waals surface area (Å²) < 4.78 is 27.7. The lowest BCUT2D eigenvalue weighted by molar-refractivity contribution is -0.127. The van der Waals surface area contributed by atoms with Crippen LogP contribution in [-0.2, 0) is 14.8 Å². The average molecular weight is 484 g/mol. The number of nitrogens with zero attached hydrogens (tertiary/aromatic N) is 1. The van der Waals surface area contributed by atoms with Gasteiger partial charge >= 0.3 is 0 Å². The summed E-state index contributed by atoms with van der Waals surface area (Å²) in [5.41, 5.74) is 1.85. The largest absolute Gasteiger partial charge is 0.353 e. The monoisotopic (exact) mass is 483 g/mol. The van der Waals surface area contributed by atoms with Crippen molar-refractivity contribution >= 4 is 27.5 Å². The lowest BCUT2D eigenvalue weighted by Gasteiger charge is -2.33. The van der Waals surface area contributed by atoms with Crippen molar-refractivity contribution in [3.05, 3.63) is 59.7 Å². The van der Waals surface area contributed by atoms with Crippen LogP contribution in [0.25, 0.3) is 0 Å². The van der Waals surface area contributed by atoms with E-state index in [4.69, 9.17) is 0 Å². The molecule has 7 nitrogen and oxygen atoms in total. The van der Waals surface area contributed by atoms with Gasteiger partial charge in [0.25, 0.3) is 15.9 Å². The van der Waals surface area contributed by atoms with E-state index in [1.165, 1.54) is 6.42 Å². The van der Waals surface area contributed by atoms with Crippen LogP contribution in [0.4, 0.5) is 5.69 Å². The molecule has 8 heteroatoms. The number of hydrogen-bond donors (Lipinski definition) is 2. The fraction of sp³-hybridized carbons (Fsp3) is 0.462. The molecule has 2 aromatic carbocycles. The third kappa shape index (κ3) is 5.97. The van der Waals surface area contributed by atoms with Gasteiger partial charge in [0.05, 0.1) is 10.8 Å². The van der Waals surface area contributed by atoms with E-state index in [-0.39, 0.29) is 28.7 Å². The van der Waals surface area contributed by atoms with Gasteiger partial charge < -0.3 is 10.2 Å². The van der Waals surface area contributed by atoms with Crippen LogP contribution < -0.4 is 10.0 Å². The third-order valence-corrected chi connectivity index (χ3v) is 8.14. The lowest BCUT2D eigenvalue weighted by atomic mass is 9.93. The summed E-state index contributed by atoms with van der Waals surface area (Å²) >= 11 is 0. The number of benzene rings is 2. The summed E-state index contributed by atoms with van der Waals surface area (Å²) in [4.78, 5) is 27.8. The molecule has 0 aromatic heterocycles. The maximum atomic E-state index is 13.1. The predicted octanol–water partition coefficient (Wildman–Crippen LogP) is 4.10. The van der Waals surface area contributed by atoms with Crippen molar-refractivity contribution < 1.29 is 18.0 Å². The molecule has 1 aliphatic heterocycles. The zero-order valence-electron chi connectivity index (χ0n) is 19.6. The van der Waals surface area contributed by atoms with Crippen LogP contribution in [0.5, 0.6) is 0 Å². The Balaban J connectivity index is 1.36. The van der Waals surface area contributed by atoms with Gasteiger partial charge in [-0.05, 0) is 69.0 Å². The molecule has 2 aliphatic rings. The smallest absolute Gasteiger partial charge is 0.261 e. The van der Waals surface area contributed by atoms with Gasteiger partial charge in [-0.1, -0.05) is 37.0 Å². The molecule has 0 unspecified atom stereocenters. The number of carbonyl (C=O) groups excluding carboxylic acids is 2. The molecular formula is C26H33N3O4S. The van der Waals surface area contributed by atoms with Crippen molar-refractivity contribution in [2.24, 2.45) is 5.92 Å². The van der Waals surface area contributed by atoms with Gasteiger partial charge in [0.15, 0.2) is 0 Å². The Bertz CT molecular complexity index is 1110. The van der Waals surface area contributed by atoms with E-state index in [9.17, 15) is 18.0 Å². The van der Waals surface area contributed by atoms with Gasteiger partial charge in [0.1, 0.15) is 0 Å². The number of sulfonamides is 1. The topological polar surface area (TPSA) is 95.6 Å². The minimum absolute atomic E-state index is 0.0604. The van der Waals surface area contributed by atoms with Crippen molar-refractivity contribution in [3.63, 3.8) is 0 Å². The second kappa shape index (κ2) is 10.6. The maximum Gasteiger partial charge on any atom is 0.261 e. The van der Waals surface area contributed by atoms with Crippen molar-refractivity contribution in [2.45, 2.75) is 62.8 Å². The molecule has 2 N–H and O–H groups in total. The molecule has 2 aromatic rings. The zero-order chi connectivity index (χ0) is 24.1. The first-order chi connectivity index (χ1) is 16.3. The van der Waals surface area contributed by atoms with Crippen LogP contribution in [-0.4, -0.2) is 44.3 Å². The quantitative estimate of drug-likeness (QED) is 0.647. The van der Waals surface area contributed by atoms with Crippen molar-refractivity contribution in [3.8, 4) is 0 Å². The highest BCUT2D eigenvalue weighted by Gasteiger charge is 2.30. The molecule has 2 fully saturated rings. The molecule has 1 atom stereocenters. The standard InChI is InChI=1S/C26H33N3O4S/c1-19-9-15-24(16-10-19)34(32,33)28-23-13-11-20(12-14-23)26(31)29-17-5-6-21(18-29)25(30)27-22-7-3-2-4-8-22/h9-16,21-22,28H,2-8,17-18H2,1H3,(H,27,30)/t21-/m1/s1. The minimum atomic E-state index is -3.70. The fourth-order valence-electron chi connectivity index (χ4n) is 4.74. The lowest BCUT2D eigenvalue weighted by Crippen LogP contribution is -2.47. The van der Waals surface area contributed by atoms with Gasteiger partial charge in [-0.25, -0.2) is 8.42 Å². The summed E-state index contributed by atoms with van der Waals surface area (Å²) in [6.07, 6.45) is 7.24. The van der Waals surface area contributed by atoms with Crippen LogP contribution >= 0.6 is 0 Å². The highest BCUT2D eigenvalue weighted by molar-refractivity contribution is 7.92. The van der Waals surface area contributed by atoms with Crippen molar-refractivity contribution in [1.82, 2.24) is 10.2 Å². The van der Waals surface area contributed by atoms with Gasteiger partial charge in [0, 0.05) is 30.4 Å². The Kier molecular flexibility index (Phi) is 7.56. The SMILES string of the molecule is Cc1ccc(S(=O)(=O)Nc2ccc(C(=O)N3CCC[C@@H](C(=O)NC4CCCCC4)C3)cc2)cc1. The van der Waals surface area contributed by atoms with Crippen LogP contribution in [0, 0.1) is 12.8 Å². The molecule has 34 heavy (non-hydrogen) atoms. The Hall–Kier alpha value is -2.87. The molecule has 182 valence electrons. The number of piperidine rings is 1. The maximum absolute atomic E-state index is 13.1. The Morgan fingerprint density at radius 1 is 0.882 bits per heavy atom. The third-order valence-electron chi connectivity index (χ3n) is 6.75. The number of hydrogen-bond acceptors (Lipinski definition) is 4. The second-order valence-corrected chi connectivity index (χ2v) is 11.1.